The zero-order valence-corrected chi connectivity index (χ0v) is 6.65. The molecule has 0 heterocycles. The largest absolute Gasteiger partial charge is 0.0885 e. The molecule has 0 aliphatic carbocycles. The molecule has 0 aromatic rings. The average molecular weight is 124 g/mol. The molecular weight excluding hydrogens is 108 g/mol. The van der Waals surface area contributed by atoms with Gasteiger partial charge in [-0.1, -0.05) is 30.7 Å². The van der Waals surface area contributed by atoms with Crippen LogP contribution in [0.4, 0.5) is 0 Å². The molecule has 0 atom stereocenters. The second-order valence-electron chi connectivity index (χ2n) is 2.40. The molecule has 0 heteroatoms. The quantitative estimate of drug-likeness (QED) is 0.506. The Balaban J connectivity index is 3.29. The first kappa shape index (κ1) is 8.48. The van der Waals surface area contributed by atoms with Crippen LogP contribution in [0.2, 0.25) is 0 Å². The summed E-state index contributed by atoms with van der Waals surface area (Å²) in [5.74, 6) is 0. The maximum Gasteiger partial charge on any atom is -0.0167 e. The Morgan fingerprint density at radius 3 is 2.33 bits per heavy atom. The highest BCUT2D eigenvalue weighted by atomic mass is 13.8. The van der Waals surface area contributed by atoms with Gasteiger partial charge in [-0.05, 0) is 26.7 Å². The van der Waals surface area contributed by atoms with E-state index in [9.17, 15) is 0 Å². The van der Waals surface area contributed by atoms with E-state index < -0.39 is 0 Å². The van der Waals surface area contributed by atoms with E-state index in [-0.39, 0.29) is 0 Å². The predicted molar refractivity (Wildman–Crippen MR) is 43.5 cm³/mol. The molecule has 0 aromatic carbocycles. The summed E-state index contributed by atoms with van der Waals surface area (Å²) in [4.78, 5) is 0. The minimum Gasteiger partial charge on any atom is -0.0885 e. The molecule has 0 saturated heterocycles. The van der Waals surface area contributed by atoms with Gasteiger partial charge < -0.3 is 0 Å². The fraction of sp³-hybridized carbons (Fsp3) is 0.556. The van der Waals surface area contributed by atoms with Gasteiger partial charge in [-0.25, -0.2) is 0 Å². The van der Waals surface area contributed by atoms with Gasteiger partial charge in [-0.2, -0.15) is 0 Å². The lowest BCUT2D eigenvalue weighted by atomic mass is 10.2. The summed E-state index contributed by atoms with van der Waals surface area (Å²) in [5.41, 5.74) is 1.40. The van der Waals surface area contributed by atoms with E-state index in [0.29, 0.717) is 0 Å². The molecule has 0 aromatic heterocycles. The van der Waals surface area contributed by atoms with Crippen LogP contribution in [0.5, 0.6) is 0 Å². The molecule has 0 unspecified atom stereocenters. The predicted octanol–water partition coefficient (Wildman–Crippen LogP) is 3.31. The summed E-state index contributed by atoms with van der Waals surface area (Å²) >= 11 is 0. The standard InChI is InChI=1S/C9H16/c1-4-5-6-7-8-9(2)3/h5-6,8H,4,7H2,1-3H3. The van der Waals surface area contributed by atoms with Gasteiger partial charge in [0.25, 0.3) is 0 Å². The van der Waals surface area contributed by atoms with Gasteiger partial charge in [-0.3, -0.25) is 0 Å². The first-order valence-electron chi connectivity index (χ1n) is 3.55. The lowest BCUT2D eigenvalue weighted by Gasteiger charge is -1.84. The van der Waals surface area contributed by atoms with Crippen LogP contribution in [0, 0.1) is 0 Å². The Kier molecular flexibility index (Phi) is 5.29. The van der Waals surface area contributed by atoms with E-state index in [4.69, 9.17) is 0 Å². The highest BCUT2D eigenvalue weighted by Crippen LogP contribution is 1.94. The molecule has 9 heavy (non-hydrogen) atoms. The maximum absolute atomic E-state index is 2.23. The average Bonchev–Trinajstić information content (AvgIpc) is 1.80. The van der Waals surface area contributed by atoms with Gasteiger partial charge >= 0.3 is 0 Å². The molecule has 0 radical (unpaired) electrons. The fourth-order valence-corrected chi connectivity index (χ4v) is 0.567. The van der Waals surface area contributed by atoms with Crippen LogP contribution in [0.1, 0.15) is 33.6 Å². The summed E-state index contributed by atoms with van der Waals surface area (Å²) in [7, 11) is 0. The van der Waals surface area contributed by atoms with Crippen molar-refractivity contribution in [1.29, 1.82) is 0 Å². The van der Waals surface area contributed by atoms with Crippen LogP contribution in [-0.4, -0.2) is 0 Å². The summed E-state index contributed by atoms with van der Waals surface area (Å²) in [6.07, 6.45) is 8.87. The van der Waals surface area contributed by atoms with E-state index >= 15 is 0 Å². The highest BCUT2D eigenvalue weighted by Gasteiger charge is 1.72. The van der Waals surface area contributed by atoms with Crippen LogP contribution in [-0.2, 0) is 0 Å². The van der Waals surface area contributed by atoms with Gasteiger partial charge in [0, 0.05) is 0 Å². The molecule has 0 amide bonds. The monoisotopic (exact) mass is 124 g/mol. The summed E-state index contributed by atoms with van der Waals surface area (Å²) in [6.45, 7) is 6.40. The van der Waals surface area contributed by atoms with Crippen molar-refractivity contribution in [2.75, 3.05) is 0 Å². The van der Waals surface area contributed by atoms with Gasteiger partial charge in [0.2, 0.25) is 0 Å². The molecular formula is C9H16. The first-order chi connectivity index (χ1) is 4.27. The van der Waals surface area contributed by atoms with Gasteiger partial charge in [0.05, 0.1) is 0 Å². The third-order valence-corrected chi connectivity index (χ3v) is 1.06. The lowest BCUT2D eigenvalue weighted by molar-refractivity contribution is 1.19. The highest BCUT2D eigenvalue weighted by molar-refractivity contribution is 4.98. The van der Waals surface area contributed by atoms with E-state index in [1.807, 2.05) is 0 Å². The first-order valence-corrected chi connectivity index (χ1v) is 3.55. The van der Waals surface area contributed by atoms with Crippen LogP contribution < -0.4 is 0 Å². The number of hydrogen-bond donors (Lipinski definition) is 0. The molecule has 0 spiro atoms. The van der Waals surface area contributed by atoms with Crippen LogP contribution in [0.25, 0.3) is 0 Å². The van der Waals surface area contributed by atoms with Crippen LogP contribution >= 0.6 is 0 Å². The third-order valence-electron chi connectivity index (χ3n) is 1.06. The Morgan fingerprint density at radius 1 is 1.22 bits per heavy atom. The zero-order chi connectivity index (χ0) is 7.11. The Hall–Kier alpha value is -0.520. The van der Waals surface area contributed by atoms with Crippen molar-refractivity contribution in [3.63, 3.8) is 0 Å². The molecule has 0 bridgehead atoms. The normalized spacial score (nSPS) is 10.1. The Morgan fingerprint density at radius 2 is 1.89 bits per heavy atom. The van der Waals surface area contributed by atoms with Crippen molar-refractivity contribution in [3.05, 3.63) is 23.8 Å². The fourth-order valence-electron chi connectivity index (χ4n) is 0.567. The number of allylic oxidation sites excluding steroid dienone is 4. The molecule has 0 N–H and O–H groups in total. The van der Waals surface area contributed by atoms with E-state index in [0.717, 1.165) is 12.8 Å². The summed E-state index contributed by atoms with van der Waals surface area (Å²) in [5, 5.41) is 0. The molecule has 0 fully saturated rings. The van der Waals surface area contributed by atoms with E-state index in [1.54, 1.807) is 0 Å². The van der Waals surface area contributed by atoms with E-state index in [1.165, 1.54) is 5.57 Å². The number of rotatable bonds is 3. The van der Waals surface area contributed by atoms with Crippen molar-refractivity contribution >= 4 is 0 Å². The Labute approximate surface area is 58.3 Å². The molecule has 52 valence electrons. The third kappa shape index (κ3) is 7.48. The summed E-state index contributed by atoms with van der Waals surface area (Å²) < 4.78 is 0. The Bertz CT molecular complexity index is 103. The lowest BCUT2D eigenvalue weighted by Crippen LogP contribution is -1.63. The van der Waals surface area contributed by atoms with Crippen molar-refractivity contribution in [2.45, 2.75) is 33.6 Å². The second kappa shape index (κ2) is 5.61. The molecule has 0 aliphatic rings. The van der Waals surface area contributed by atoms with Crippen molar-refractivity contribution < 1.29 is 0 Å². The summed E-state index contributed by atoms with van der Waals surface area (Å²) in [6, 6.07) is 0. The maximum atomic E-state index is 2.23. The van der Waals surface area contributed by atoms with Crippen molar-refractivity contribution in [2.24, 2.45) is 0 Å². The number of hydrogen-bond acceptors (Lipinski definition) is 0. The molecule has 0 nitrogen and oxygen atoms in total. The van der Waals surface area contributed by atoms with Gasteiger partial charge in [0.1, 0.15) is 0 Å². The minimum absolute atomic E-state index is 1.09. The van der Waals surface area contributed by atoms with Crippen LogP contribution in [0.3, 0.4) is 0 Å². The van der Waals surface area contributed by atoms with Crippen molar-refractivity contribution in [1.82, 2.24) is 0 Å². The van der Waals surface area contributed by atoms with E-state index in [2.05, 4.69) is 39.0 Å². The van der Waals surface area contributed by atoms with Crippen molar-refractivity contribution in [3.8, 4) is 0 Å². The SMILES string of the molecule is CCC=CCC=C(C)C. The second-order valence-corrected chi connectivity index (χ2v) is 2.40. The van der Waals surface area contributed by atoms with Gasteiger partial charge in [-0.15, -0.1) is 0 Å². The zero-order valence-electron chi connectivity index (χ0n) is 6.65. The minimum atomic E-state index is 1.09. The van der Waals surface area contributed by atoms with Crippen LogP contribution in [0.15, 0.2) is 23.8 Å². The molecule has 0 rings (SSSR count). The smallest absolute Gasteiger partial charge is 0.0167 e. The molecule has 0 saturated carbocycles. The van der Waals surface area contributed by atoms with Gasteiger partial charge in [0.15, 0.2) is 0 Å². The molecule has 0 aliphatic heterocycles. The topological polar surface area (TPSA) is 0 Å².